The fourth-order valence-electron chi connectivity index (χ4n) is 2.72. The maximum absolute atomic E-state index is 12.2. The molecule has 0 atom stereocenters. The molecule has 0 aliphatic carbocycles. The van der Waals surface area contributed by atoms with E-state index in [0.717, 1.165) is 11.1 Å². The first-order chi connectivity index (χ1) is 12.8. The second kappa shape index (κ2) is 8.80. The van der Waals surface area contributed by atoms with Crippen LogP contribution >= 0.6 is 0 Å². The molecule has 0 fully saturated rings. The van der Waals surface area contributed by atoms with Crippen LogP contribution < -0.4 is 14.2 Å². The zero-order chi connectivity index (χ0) is 20.0. The summed E-state index contributed by atoms with van der Waals surface area (Å²) in [6, 6.07) is 11.6. The summed E-state index contributed by atoms with van der Waals surface area (Å²) in [7, 11) is 4.63. The van der Waals surface area contributed by atoms with Crippen molar-refractivity contribution in [2.75, 3.05) is 21.3 Å². The SMILES string of the molecule is COc1cc(CC(=O)OCc2ccc(C(C)(C)C)cc2)cc(OC)c1OC. The smallest absolute Gasteiger partial charge is 0.310 e. The lowest BCUT2D eigenvalue weighted by molar-refractivity contribution is -0.144. The van der Waals surface area contributed by atoms with Crippen molar-refractivity contribution in [1.29, 1.82) is 0 Å². The standard InChI is InChI=1S/C22H28O5/c1-22(2,3)17-9-7-15(8-10-17)14-27-20(23)13-16-11-18(24-4)21(26-6)19(12-16)25-5/h7-12H,13-14H2,1-6H3. The molecule has 0 aromatic heterocycles. The van der Waals surface area contributed by atoms with Crippen LogP contribution in [0.15, 0.2) is 36.4 Å². The first kappa shape index (κ1) is 20.6. The van der Waals surface area contributed by atoms with Gasteiger partial charge in [0.1, 0.15) is 6.61 Å². The Labute approximate surface area is 161 Å². The van der Waals surface area contributed by atoms with Crippen LogP contribution in [0.2, 0.25) is 0 Å². The highest BCUT2D eigenvalue weighted by atomic mass is 16.5. The van der Waals surface area contributed by atoms with Crippen LogP contribution in [0.25, 0.3) is 0 Å². The van der Waals surface area contributed by atoms with Crippen molar-refractivity contribution in [3.8, 4) is 17.2 Å². The van der Waals surface area contributed by atoms with Crippen molar-refractivity contribution in [2.45, 2.75) is 39.2 Å². The Balaban J connectivity index is 2.01. The molecule has 5 heteroatoms. The highest BCUT2D eigenvalue weighted by Gasteiger charge is 2.16. The zero-order valence-corrected chi connectivity index (χ0v) is 16.9. The molecule has 0 heterocycles. The summed E-state index contributed by atoms with van der Waals surface area (Å²) in [5.74, 6) is 1.20. The molecule has 146 valence electrons. The van der Waals surface area contributed by atoms with E-state index in [1.165, 1.54) is 5.56 Å². The van der Waals surface area contributed by atoms with Gasteiger partial charge in [-0.3, -0.25) is 4.79 Å². The Hall–Kier alpha value is -2.69. The summed E-state index contributed by atoms with van der Waals surface area (Å²) in [6.45, 7) is 6.74. The molecule has 0 radical (unpaired) electrons. The highest BCUT2D eigenvalue weighted by molar-refractivity contribution is 5.73. The molecule has 0 saturated carbocycles. The summed E-state index contributed by atoms with van der Waals surface area (Å²) in [6.07, 6.45) is 0.122. The van der Waals surface area contributed by atoms with Crippen LogP contribution in [0.1, 0.15) is 37.5 Å². The van der Waals surface area contributed by atoms with Gasteiger partial charge in [0.25, 0.3) is 0 Å². The Kier molecular flexibility index (Phi) is 6.72. The monoisotopic (exact) mass is 372 g/mol. The largest absolute Gasteiger partial charge is 0.493 e. The van der Waals surface area contributed by atoms with Crippen LogP contribution in [-0.4, -0.2) is 27.3 Å². The van der Waals surface area contributed by atoms with Gasteiger partial charge in [-0.05, 0) is 34.2 Å². The molecule has 0 unspecified atom stereocenters. The predicted octanol–water partition coefficient (Wildman–Crippen LogP) is 4.30. The normalized spacial score (nSPS) is 11.0. The number of methoxy groups -OCH3 is 3. The topological polar surface area (TPSA) is 54.0 Å². The van der Waals surface area contributed by atoms with Gasteiger partial charge in [0.2, 0.25) is 5.75 Å². The van der Waals surface area contributed by atoms with Gasteiger partial charge in [0.05, 0.1) is 27.8 Å². The third-order valence-corrected chi connectivity index (χ3v) is 4.29. The number of hydrogen-bond acceptors (Lipinski definition) is 5. The Bertz CT molecular complexity index is 747. The van der Waals surface area contributed by atoms with E-state index in [0.29, 0.717) is 17.2 Å². The van der Waals surface area contributed by atoms with E-state index in [2.05, 4.69) is 32.9 Å². The molecule has 2 rings (SSSR count). The summed E-state index contributed by atoms with van der Waals surface area (Å²) < 4.78 is 21.3. The first-order valence-electron chi connectivity index (χ1n) is 8.82. The minimum absolute atomic E-state index is 0.0989. The fraction of sp³-hybridized carbons (Fsp3) is 0.409. The number of hydrogen-bond donors (Lipinski definition) is 0. The van der Waals surface area contributed by atoms with Gasteiger partial charge in [-0.1, -0.05) is 45.0 Å². The minimum atomic E-state index is -0.316. The van der Waals surface area contributed by atoms with Crippen molar-refractivity contribution in [1.82, 2.24) is 0 Å². The fourth-order valence-corrected chi connectivity index (χ4v) is 2.72. The average Bonchev–Trinajstić information content (AvgIpc) is 2.65. The Morgan fingerprint density at radius 3 is 1.85 bits per heavy atom. The maximum atomic E-state index is 12.2. The van der Waals surface area contributed by atoms with Gasteiger partial charge in [-0.15, -0.1) is 0 Å². The van der Waals surface area contributed by atoms with E-state index < -0.39 is 0 Å². The number of carbonyl (C=O) groups is 1. The third-order valence-electron chi connectivity index (χ3n) is 4.29. The van der Waals surface area contributed by atoms with Gasteiger partial charge < -0.3 is 18.9 Å². The van der Waals surface area contributed by atoms with E-state index in [9.17, 15) is 4.79 Å². The summed E-state index contributed by atoms with van der Waals surface area (Å²) in [5.41, 5.74) is 3.04. The van der Waals surface area contributed by atoms with Gasteiger partial charge in [-0.2, -0.15) is 0 Å². The molecule has 0 bridgehead atoms. The molecule has 0 amide bonds. The van der Waals surface area contributed by atoms with Crippen LogP contribution in [0.3, 0.4) is 0 Å². The third kappa shape index (κ3) is 5.39. The van der Waals surface area contributed by atoms with Crippen molar-refractivity contribution in [3.63, 3.8) is 0 Å². The molecule has 5 nitrogen and oxygen atoms in total. The Morgan fingerprint density at radius 2 is 1.41 bits per heavy atom. The lowest BCUT2D eigenvalue weighted by Crippen LogP contribution is -2.11. The van der Waals surface area contributed by atoms with E-state index in [4.69, 9.17) is 18.9 Å². The van der Waals surface area contributed by atoms with Crippen LogP contribution in [0.5, 0.6) is 17.2 Å². The quantitative estimate of drug-likeness (QED) is 0.679. The molecule has 0 spiro atoms. The lowest BCUT2D eigenvalue weighted by atomic mass is 9.87. The Morgan fingerprint density at radius 1 is 0.852 bits per heavy atom. The average molecular weight is 372 g/mol. The second-order valence-electron chi connectivity index (χ2n) is 7.32. The highest BCUT2D eigenvalue weighted by Crippen LogP contribution is 2.38. The van der Waals surface area contributed by atoms with Gasteiger partial charge in [0.15, 0.2) is 11.5 Å². The molecule has 27 heavy (non-hydrogen) atoms. The molecule has 0 saturated heterocycles. The van der Waals surface area contributed by atoms with Crippen molar-refractivity contribution < 1.29 is 23.7 Å². The molecule has 2 aromatic rings. The number of benzene rings is 2. The van der Waals surface area contributed by atoms with Gasteiger partial charge >= 0.3 is 5.97 Å². The van der Waals surface area contributed by atoms with Crippen molar-refractivity contribution in [3.05, 3.63) is 53.1 Å². The van der Waals surface area contributed by atoms with Gasteiger partial charge in [-0.25, -0.2) is 0 Å². The number of rotatable bonds is 7. The molecule has 0 aliphatic rings. The molecular weight excluding hydrogens is 344 g/mol. The zero-order valence-electron chi connectivity index (χ0n) is 16.9. The summed E-state index contributed by atoms with van der Waals surface area (Å²) >= 11 is 0. The van der Waals surface area contributed by atoms with Crippen molar-refractivity contribution >= 4 is 5.97 Å². The van der Waals surface area contributed by atoms with Crippen LogP contribution in [0, 0.1) is 0 Å². The van der Waals surface area contributed by atoms with Gasteiger partial charge in [0, 0.05) is 0 Å². The second-order valence-corrected chi connectivity index (χ2v) is 7.32. The van der Waals surface area contributed by atoms with E-state index >= 15 is 0 Å². The predicted molar refractivity (Wildman–Crippen MR) is 105 cm³/mol. The van der Waals surface area contributed by atoms with E-state index in [-0.39, 0.29) is 24.4 Å². The molecule has 0 N–H and O–H groups in total. The summed E-state index contributed by atoms with van der Waals surface area (Å²) in [4.78, 5) is 12.2. The maximum Gasteiger partial charge on any atom is 0.310 e. The first-order valence-corrected chi connectivity index (χ1v) is 8.82. The minimum Gasteiger partial charge on any atom is -0.493 e. The number of carbonyl (C=O) groups excluding carboxylic acids is 1. The molecule has 2 aromatic carbocycles. The van der Waals surface area contributed by atoms with Crippen molar-refractivity contribution in [2.24, 2.45) is 0 Å². The van der Waals surface area contributed by atoms with E-state index in [1.54, 1.807) is 33.5 Å². The molecular formula is C22H28O5. The lowest BCUT2D eigenvalue weighted by Gasteiger charge is -2.19. The van der Waals surface area contributed by atoms with Crippen LogP contribution in [-0.2, 0) is 28.0 Å². The number of ether oxygens (including phenoxy) is 4. The van der Waals surface area contributed by atoms with E-state index in [1.807, 2.05) is 12.1 Å². The molecule has 0 aliphatic heterocycles. The number of esters is 1. The van der Waals surface area contributed by atoms with Crippen LogP contribution in [0.4, 0.5) is 0 Å². The summed E-state index contributed by atoms with van der Waals surface area (Å²) in [5, 5.41) is 0.